The summed E-state index contributed by atoms with van der Waals surface area (Å²) in [4.78, 5) is 29.3. The zero-order valence-electron chi connectivity index (χ0n) is 18.0. The van der Waals surface area contributed by atoms with E-state index in [9.17, 15) is 9.59 Å². The van der Waals surface area contributed by atoms with E-state index in [1.165, 1.54) is 4.90 Å². The number of benzene rings is 1. The number of hydrogen-bond donors (Lipinski definition) is 0. The van der Waals surface area contributed by atoms with Crippen molar-refractivity contribution in [3.05, 3.63) is 66.6 Å². The van der Waals surface area contributed by atoms with E-state index in [-0.39, 0.29) is 30.9 Å². The van der Waals surface area contributed by atoms with Crippen molar-refractivity contribution in [1.29, 1.82) is 0 Å². The lowest BCUT2D eigenvalue weighted by Crippen LogP contribution is -2.45. The van der Waals surface area contributed by atoms with Gasteiger partial charge in [0.05, 0.1) is 32.4 Å². The van der Waals surface area contributed by atoms with Crippen LogP contribution in [0.15, 0.2) is 59.7 Å². The molecule has 3 rings (SSSR count). The predicted octanol–water partition coefficient (Wildman–Crippen LogP) is 3.05. The van der Waals surface area contributed by atoms with Crippen LogP contribution in [-0.2, 0) is 27.3 Å². The van der Waals surface area contributed by atoms with Gasteiger partial charge in [-0.3, -0.25) is 9.59 Å². The van der Waals surface area contributed by atoms with Gasteiger partial charge in [-0.2, -0.15) is 0 Å². The summed E-state index contributed by atoms with van der Waals surface area (Å²) in [5.74, 6) is 1.16. The van der Waals surface area contributed by atoms with E-state index in [2.05, 4.69) is 6.58 Å². The molecule has 2 aromatic rings. The largest absolute Gasteiger partial charge is 0.497 e. The number of carbonyl (C=O) groups is 2. The van der Waals surface area contributed by atoms with Crippen molar-refractivity contribution < 1.29 is 23.5 Å². The molecule has 1 saturated heterocycles. The molecule has 0 N–H and O–H groups in total. The lowest BCUT2D eigenvalue weighted by Gasteiger charge is -2.28. The molecule has 166 valence electrons. The Morgan fingerprint density at radius 2 is 2.00 bits per heavy atom. The minimum Gasteiger partial charge on any atom is -0.497 e. The zero-order valence-corrected chi connectivity index (χ0v) is 18.0. The highest BCUT2D eigenvalue weighted by atomic mass is 16.5. The summed E-state index contributed by atoms with van der Waals surface area (Å²) in [6.45, 7) is 5.57. The quantitative estimate of drug-likeness (QED) is 0.517. The SMILES string of the molecule is C=CCN(CC(=O)N(Cc1ccco1)C[C@@H]1CCCO1)C(=O)Cc1ccc(OC)cc1. The first-order chi connectivity index (χ1) is 15.1. The van der Waals surface area contributed by atoms with Crippen LogP contribution in [0.1, 0.15) is 24.2 Å². The van der Waals surface area contributed by atoms with Crippen LogP contribution in [0.3, 0.4) is 0 Å². The van der Waals surface area contributed by atoms with Gasteiger partial charge in [0.15, 0.2) is 0 Å². The van der Waals surface area contributed by atoms with E-state index in [4.69, 9.17) is 13.9 Å². The van der Waals surface area contributed by atoms with E-state index in [0.717, 1.165) is 30.8 Å². The van der Waals surface area contributed by atoms with Crippen LogP contribution in [0, 0.1) is 0 Å². The van der Waals surface area contributed by atoms with E-state index in [0.29, 0.717) is 25.4 Å². The number of carbonyl (C=O) groups excluding carboxylic acids is 2. The van der Waals surface area contributed by atoms with Gasteiger partial charge in [-0.15, -0.1) is 6.58 Å². The molecule has 0 saturated carbocycles. The molecule has 0 bridgehead atoms. The normalized spacial score (nSPS) is 15.5. The maximum absolute atomic E-state index is 13.2. The molecule has 7 nitrogen and oxygen atoms in total. The summed E-state index contributed by atoms with van der Waals surface area (Å²) in [5, 5.41) is 0. The molecule has 1 fully saturated rings. The highest BCUT2D eigenvalue weighted by molar-refractivity contribution is 5.86. The van der Waals surface area contributed by atoms with Gasteiger partial charge < -0.3 is 23.7 Å². The molecule has 2 heterocycles. The second kappa shape index (κ2) is 11.4. The van der Waals surface area contributed by atoms with Crippen molar-refractivity contribution in [1.82, 2.24) is 9.80 Å². The number of furan rings is 1. The smallest absolute Gasteiger partial charge is 0.242 e. The van der Waals surface area contributed by atoms with Gasteiger partial charge in [0.2, 0.25) is 11.8 Å². The fourth-order valence-electron chi connectivity index (χ4n) is 3.58. The summed E-state index contributed by atoms with van der Waals surface area (Å²) >= 11 is 0. The second-order valence-electron chi connectivity index (χ2n) is 7.58. The van der Waals surface area contributed by atoms with Gasteiger partial charge in [-0.25, -0.2) is 0 Å². The van der Waals surface area contributed by atoms with Gasteiger partial charge in [0.1, 0.15) is 18.1 Å². The maximum Gasteiger partial charge on any atom is 0.242 e. The molecule has 1 aromatic carbocycles. The molecular formula is C24H30N2O5. The average molecular weight is 427 g/mol. The number of nitrogens with zero attached hydrogens (tertiary/aromatic N) is 2. The Kier molecular flexibility index (Phi) is 8.29. The van der Waals surface area contributed by atoms with Crippen LogP contribution in [0.25, 0.3) is 0 Å². The van der Waals surface area contributed by atoms with Crippen LogP contribution in [0.5, 0.6) is 5.75 Å². The predicted molar refractivity (Wildman–Crippen MR) is 117 cm³/mol. The van der Waals surface area contributed by atoms with Crippen LogP contribution in [0.4, 0.5) is 0 Å². The maximum atomic E-state index is 13.2. The van der Waals surface area contributed by atoms with E-state index >= 15 is 0 Å². The van der Waals surface area contributed by atoms with Crippen molar-refractivity contribution in [2.75, 3.05) is 33.4 Å². The lowest BCUT2D eigenvalue weighted by atomic mass is 10.1. The van der Waals surface area contributed by atoms with E-state index in [1.54, 1.807) is 30.4 Å². The fraction of sp³-hybridized carbons (Fsp3) is 0.417. The summed E-state index contributed by atoms with van der Waals surface area (Å²) in [7, 11) is 1.60. The number of hydrogen-bond acceptors (Lipinski definition) is 5. The van der Waals surface area contributed by atoms with Crippen LogP contribution in [0.2, 0.25) is 0 Å². The Hall–Kier alpha value is -3.06. The Labute approximate surface area is 183 Å². The summed E-state index contributed by atoms with van der Waals surface area (Å²) in [5.41, 5.74) is 0.860. The van der Waals surface area contributed by atoms with Crippen molar-refractivity contribution in [3.8, 4) is 5.75 Å². The fourth-order valence-corrected chi connectivity index (χ4v) is 3.58. The lowest BCUT2D eigenvalue weighted by molar-refractivity contribution is -0.141. The van der Waals surface area contributed by atoms with E-state index < -0.39 is 0 Å². The van der Waals surface area contributed by atoms with Gasteiger partial charge in [0.25, 0.3) is 0 Å². The Morgan fingerprint density at radius 3 is 2.61 bits per heavy atom. The molecule has 0 radical (unpaired) electrons. The van der Waals surface area contributed by atoms with Crippen molar-refractivity contribution in [3.63, 3.8) is 0 Å². The first kappa shape index (κ1) is 22.6. The summed E-state index contributed by atoms with van der Waals surface area (Å²) < 4.78 is 16.3. The van der Waals surface area contributed by atoms with Crippen LogP contribution < -0.4 is 4.74 Å². The molecule has 1 aliphatic rings. The number of rotatable bonds is 11. The number of methoxy groups -OCH3 is 1. The summed E-state index contributed by atoms with van der Waals surface area (Å²) in [6, 6.07) is 11.0. The number of ether oxygens (including phenoxy) is 2. The minimum atomic E-state index is -0.142. The molecule has 2 amide bonds. The Bertz CT molecular complexity index is 841. The Balaban J connectivity index is 1.65. The van der Waals surface area contributed by atoms with Gasteiger partial charge in [-0.05, 0) is 42.7 Å². The highest BCUT2D eigenvalue weighted by Crippen LogP contribution is 2.17. The summed E-state index contributed by atoms with van der Waals surface area (Å²) in [6.07, 6.45) is 5.37. The molecule has 0 unspecified atom stereocenters. The van der Waals surface area contributed by atoms with Crippen LogP contribution in [-0.4, -0.2) is 61.1 Å². The topological polar surface area (TPSA) is 72.2 Å². The third kappa shape index (κ3) is 6.72. The van der Waals surface area contributed by atoms with Crippen molar-refractivity contribution in [2.45, 2.75) is 31.9 Å². The van der Waals surface area contributed by atoms with Crippen molar-refractivity contribution in [2.24, 2.45) is 0 Å². The third-order valence-electron chi connectivity index (χ3n) is 5.27. The number of amides is 2. The molecule has 0 aliphatic carbocycles. The monoisotopic (exact) mass is 426 g/mol. The molecule has 0 spiro atoms. The third-order valence-corrected chi connectivity index (χ3v) is 5.27. The standard InChI is InChI=1S/C24H30N2O5/c1-3-12-25(23(27)15-19-8-10-20(29-2)11-9-19)18-24(28)26(16-21-6-4-13-30-21)17-22-7-5-14-31-22/h3-4,6,8-11,13,22H,1,5,7,12,14-18H2,2H3/t22-/m0/s1. The first-order valence-corrected chi connectivity index (χ1v) is 10.5. The molecule has 1 aromatic heterocycles. The van der Waals surface area contributed by atoms with Crippen molar-refractivity contribution >= 4 is 11.8 Å². The zero-order chi connectivity index (χ0) is 22.1. The molecule has 1 atom stereocenters. The molecule has 31 heavy (non-hydrogen) atoms. The first-order valence-electron chi connectivity index (χ1n) is 10.5. The average Bonchev–Trinajstić information content (AvgIpc) is 3.48. The van der Waals surface area contributed by atoms with Crippen LogP contribution >= 0.6 is 0 Å². The minimum absolute atomic E-state index is 0.0155. The van der Waals surface area contributed by atoms with Gasteiger partial charge in [0, 0.05) is 19.7 Å². The van der Waals surface area contributed by atoms with Gasteiger partial charge >= 0.3 is 0 Å². The highest BCUT2D eigenvalue weighted by Gasteiger charge is 2.26. The van der Waals surface area contributed by atoms with Gasteiger partial charge in [-0.1, -0.05) is 18.2 Å². The van der Waals surface area contributed by atoms with E-state index in [1.807, 2.05) is 30.3 Å². The second-order valence-corrected chi connectivity index (χ2v) is 7.58. The molecule has 1 aliphatic heterocycles. The molecular weight excluding hydrogens is 396 g/mol. The molecule has 7 heteroatoms. The Morgan fingerprint density at radius 1 is 1.19 bits per heavy atom.